The fourth-order valence-corrected chi connectivity index (χ4v) is 7.29. The molecule has 3 aromatic carbocycles. The zero-order valence-electron chi connectivity index (χ0n) is 25.8. The number of para-hydroxylation sites is 1. The number of nitrogen functional groups attached to an aromatic ring is 1. The van der Waals surface area contributed by atoms with E-state index in [9.17, 15) is 23.1 Å². The second kappa shape index (κ2) is 12.8. The number of hydrogen-bond donors (Lipinski definition) is 4. The van der Waals surface area contributed by atoms with Crippen molar-refractivity contribution >= 4 is 33.3 Å². The highest BCUT2D eigenvalue weighted by molar-refractivity contribution is 7.89. The van der Waals surface area contributed by atoms with E-state index in [2.05, 4.69) is 5.32 Å². The molecule has 0 saturated carbocycles. The summed E-state index contributed by atoms with van der Waals surface area (Å²) in [6.45, 7) is 10.4. The van der Waals surface area contributed by atoms with Crippen LogP contribution in [-0.2, 0) is 26.2 Å². The molecular formula is C32H41N5O6S. The SMILES string of the molecule is CCN(N)c1ccc([C@H](c2ccc(C)c(CN3CCOc4ccccc4S3(=O)=O)c2)C(C)(C)NC(=O)CC(=O)O)c(C)c1N. The normalized spacial score (nSPS) is 15.4. The molecule has 0 aromatic heterocycles. The van der Waals surface area contributed by atoms with Crippen LogP contribution in [0.1, 0.15) is 60.9 Å². The molecule has 1 aliphatic rings. The van der Waals surface area contributed by atoms with Gasteiger partial charge in [-0.3, -0.25) is 9.59 Å². The molecule has 1 aliphatic heterocycles. The van der Waals surface area contributed by atoms with Crippen LogP contribution in [0.4, 0.5) is 11.4 Å². The number of carboxylic acid groups (broad SMARTS) is 1. The molecule has 0 bridgehead atoms. The second-order valence-electron chi connectivity index (χ2n) is 11.6. The highest BCUT2D eigenvalue weighted by Crippen LogP contribution is 2.41. The molecule has 11 nitrogen and oxygen atoms in total. The van der Waals surface area contributed by atoms with Gasteiger partial charge in [-0.2, -0.15) is 4.31 Å². The van der Waals surface area contributed by atoms with Gasteiger partial charge in [0, 0.05) is 31.1 Å². The number of rotatable bonds is 10. The van der Waals surface area contributed by atoms with E-state index in [0.717, 1.165) is 27.8 Å². The van der Waals surface area contributed by atoms with Crippen LogP contribution in [0, 0.1) is 13.8 Å². The van der Waals surface area contributed by atoms with Gasteiger partial charge in [0.1, 0.15) is 23.7 Å². The van der Waals surface area contributed by atoms with E-state index in [4.69, 9.17) is 16.3 Å². The van der Waals surface area contributed by atoms with Gasteiger partial charge in [-0.15, -0.1) is 0 Å². The van der Waals surface area contributed by atoms with Crippen molar-refractivity contribution in [3.8, 4) is 5.75 Å². The standard InChI is InChI=1S/C32H41N5O6S/c1-6-37(34)25-14-13-24(21(3)31(25)33)30(32(4,5)35-28(38)18-29(39)40)22-12-11-20(2)23(17-22)19-36-15-16-43-26-9-7-8-10-27(26)44(36,41)42/h7-14,17,30H,6,15-16,18-19,33-34H2,1-5H3,(H,35,38)(H,39,40)/t30-/m0/s1. The maximum absolute atomic E-state index is 13.7. The predicted octanol–water partition coefficient (Wildman–Crippen LogP) is 3.67. The highest BCUT2D eigenvalue weighted by atomic mass is 32.2. The Bertz CT molecular complexity index is 1670. The number of amides is 1. The van der Waals surface area contributed by atoms with Crippen LogP contribution in [0.15, 0.2) is 59.5 Å². The first-order chi connectivity index (χ1) is 20.7. The van der Waals surface area contributed by atoms with Crippen LogP contribution in [0.2, 0.25) is 0 Å². The Morgan fingerprint density at radius 2 is 1.84 bits per heavy atom. The summed E-state index contributed by atoms with van der Waals surface area (Å²) in [5, 5.41) is 13.7. The van der Waals surface area contributed by atoms with Crippen LogP contribution in [-0.4, -0.2) is 54.9 Å². The Morgan fingerprint density at radius 1 is 1.14 bits per heavy atom. The molecule has 0 fully saturated rings. The average molecular weight is 624 g/mol. The summed E-state index contributed by atoms with van der Waals surface area (Å²) in [6.07, 6.45) is -0.676. The molecule has 0 spiro atoms. The fourth-order valence-electron chi connectivity index (χ4n) is 5.76. The minimum Gasteiger partial charge on any atom is -0.491 e. The molecule has 0 unspecified atom stereocenters. The van der Waals surface area contributed by atoms with Gasteiger partial charge in [-0.25, -0.2) is 14.3 Å². The third-order valence-electron chi connectivity index (χ3n) is 8.11. The van der Waals surface area contributed by atoms with Crippen LogP contribution < -0.4 is 26.6 Å². The molecule has 12 heteroatoms. The molecular weight excluding hydrogens is 582 g/mol. The Hall–Kier alpha value is -4.13. The zero-order chi connectivity index (χ0) is 32.4. The number of carboxylic acids is 1. The number of nitrogens with zero attached hydrogens (tertiary/aromatic N) is 2. The second-order valence-corrected chi connectivity index (χ2v) is 13.5. The lowest BCUT2D eigenvalue weighted by molar-refractivity contribution is -0.141. The number of fused-ring (bicyclic) bond motifs is 1. The Kier molecular flexibility index (Phi) is 9.57. The van der Waals surface area contributed by atoms with E-state index in [1.165, 1.54) is 4.31 Å². The number of hydrazine groups is 1. The molecule has 1 heterocycles. The van der Waals surface area contributed by atoms with Crippen LogP contribution in [0.5, 0.6) is 5.75 Å². The predicted molar refractivity (Wildman–Crippen MR) is 170 cm³/mol. The summed E-state index contributed by atoms with van der Waals surface area (Å²) in [6, 6.07) is 16.2. The lowest BCUT2D eigenvalue weighted by Crippen LogP contribution is -2.49. The van der Waals surface area contributed by atoms with Gasteiger partial charge < -0.3 is 25.9 Å². The number of carbonyl (C=O) groups is 2. The van der Waals surface area contributed by atoms with Gasteiger partial charge in [-0.05, 0) is 80.6 Å². The number of nitrogens with one attached hydrogen (secondary N) is 1. The minimum atomic E-state index is -3.84. The molecule has 44 heavy (non-hydrogen) atoms. The van der Waals surface area contributed by atoms with Crippen molar-refractivity contribution in [3.63, 3.8) is 0 Å². The molecule has 3 aromatic rings. The zero-order valence-corrected chi connectivity index (χ0v) is 26.6. The first-order valence-electron chi connectivity index (χ1n) is 14.4. The van der Waals surface area contributed by atoms with E-state index in [0.29, 0.717) is 23.7 Å². The Labute approximate surface area is 258 Å². The molecule has 0 radical (unpaired) electrons. The van der Waals surface area contributed by atoms with Crippen molar-refractivity contribution in [1.82, 2.24) is 9.62 Å². The summed E-state index contributed by atoms with van der Waals surface area (Å²) in [7, 11) is -3.84. The van der Waals surface area contributed by atoms with Crippen LogP contribution in [0.25, 0.3) is 0 Å². The van der Waals surface area contributed by atoms with Crippen LogP contribution in [0.3, 0.4) is 0 Å². The molecule has 1 atom stereocenters. The first kappa shape index (κ1) is 32.8. The van der Waals surface area contributed by atoms with Crippen molar-refractivity contribution in [3.05, 3.63) is 82.4 Å². The summed E-state index contributed by atoms with van der Waals surface area (Å²) in [4.78, 5) is 24.2. The fraction of sp³-hybridized carbons (Fsp3) is 0.375. The van der Waals surface area contributed by atoms with E-state index in [1.807, 2.05) is 65.0 Å². The van der Waals surface area contributed by atoms with Crippen molar-refractivity contribution in [1.29, 1.82) is 0 Å². The molecule has 0 aliphatic carbocycles. The quantitative estimate of drug-likeness (QED) is 0.114. The molecule has 1 amide bonds. The van der Waals surface area contributed by atoms with Crippen molar-refractivity contribution in [2.45, 2.75) is 63.9 Å². The highest BCUT2D eigenvalue weighted by Gasteiger charge is 2.37. The topological polar surface area (TPSA) is 168 Å². The van der Waals surface area contributed by atoms with E-state index < -0.39 is 39.8 Å². The summed E-state index contributed by atoms with van der Waals surface area (Å²) >= 11 is 0. The lowest BCUT2D eigenvalue weighted by atomic mass is 9.74. The number of sulfonamides is 1. The number of carbonyl (C=O) groups excluding carboxylic acids is 1. The lowest BCUT2D eigenvalue weighted by Gasteiger charge is -2.38. The molecule has 4 rings (SSSR count). The smallest absolute Gasteiger partial charge is 0.312 e. The van der Waals surface area contributed by atoms with E-state index >= 15 is 0 Å². The Morgan fingerprint density at radius 3 is 2.52 bits per heavy atom. The average Bonchev–Trinajstić information content (AvgIpc) is 3.07. The number of ether oxygens (including phenoxy) is 1. The molecule has 236 valence electrons. The van der Waals surface area contributed by atoms with Gasteiger partial charge in [0.25, 0.3) is 0 Å². The van der Waals surface area contributed by atoms with Gasteiger partial charge in [0.05, 0.1) is 11.4 Å². The number of nitrogens with two attached hydrogens (primary N) is 2. The monoisotopic (exact) mass is 623 g/mol. The molecule has 0 saturated heterocycles. The number of anilines is 2. The summed E-state index contributed by atoms with van der Waals surface area (Å²) in [5.74, 6) is 4.14. The van der Waals surface area contributed by atoms with Gasteiger partial charge in [-0.1, -0.05) is 36.4 Å². The first-order valence-corrected chi connectivity index (χ1v) is 15.9. The number of benzene rings is 3. The van der Waals surface area contributed by atoms with Gasteiger partial charge in [0.2, 0.25) is 15.9 Å². The van der Waals surface area contributed by atoms with Crippen molar-refractivity contribution in [2.24, 2.45) is 5.84 Å². The maximum atomic E-state index is 13.7. The van der Waals surface area contributed by atoms with Crippen molar-refractivity contribution < 1.29 is 27.9 Å². The number of aryl methyl sites for hydroxylation is 1. The minimum absolute atomic E-state index is 0.108. The number of hydrogen-bond acceptors (Lipinski definition) is 8. The summed E-state index contributed by atoms with van der Waals surface area (Å²) < 4.78 is 34.5. The molecule has 6 N–H and O–H groups in total. The van der Waals surface area contributed by atoms with E-state index in [-0.39, 0.29) is 24.6 Å². The number of aliphatic carboxylic acids is 1. The van der Waals surface area contributed by atoms with Gasteiger partial charge >= 0.3 is 5.97 Å². The van der Waals surface area contributed by atoms with Crippen LogP contribution >= 0.6 is 0 Å². The largest absolute Gasteiger partial charge is 0.491 e. The van der Waals surface area contributed by atoms with E-state index in [1.54, 1.807) is 29.3 Å². The third kappa shape index (κ3) is 6.67. The Balaban J connectivity index is 1.82. The summed E-state index contributed by atoms with van der Waals surface area (Å²) in [5.41, 5.74) is 10.8. The van der Waals surface area contributed by atoms with Crippen molar-refractivity contribution in [2.75, 3.05) is 30.4 Å². The maximum Gasteiger partial charge on any atom is 0.312 e. The third-order valence-corrected chi connectivity index (χ3v) is 9.99. The van der Waals surface area contributed by atoms with Gasteiger partial charge in [0.15, 0.2) is 0 Å².